The zero-order valence-corrected chi connectivity index (χ0v) is 28.4. The van der Waals surface area contributed by atoms with E-state index in [1.807, 2.05) is 22.7 Å². The van der Waals surface area contributed by atoms with E-state index < -0.39 is 0 Å². The van der Waals surface area contributed by atoms with Gasteiger partial charge in [0.1, 0.15) is 11.2 Å². The standard InChI is InChI=1S/C46H27NOS2/c1-2-10-32-29(9-1)21-26-36-44-37(13-7-15-39(44)48-46(32)36)47(38-14-8-18-42-45(38)35-12-4-6-17-41(35)49-42)31-23-19-28(20-24-31)30-22-25-34-33-11-3-5-16-40(33)50-43(34)27-30/h1-27H. The second-order valence-corrected chi connectivity index (χ2v) is 15.0. The molecule has 3 heterocycles. The molecule has 0 fully saturated rings. The van der Waals surface area contributed by atoms with Crippen molar-refractivity contribution in [3.63, 3.8) is 0 Å². The van der Waals surface area contributed by atoms with Gasteiger partial charge in [-0.15, -0.1) is 22.7 Å². The Balaban J connectivity index is 1.14. The topological polar surface area (TPSA) is 16.4 Å². The molecule has 0 radical (unpaired) electrons. The molecule has 0 bridgehead atoms. The second kappa shape index (κ2) is 10.8. The molecule has 2 nitrogen and oxygen atoms in total. The van der Waals surface area contributed by atoms with E-state index in [-0.39, 0.29) is 0 Å². The number of rotatable bonds is 4. The summed E-state index contributed by atoms with van der Waals surface area (Å²) in [4.78, 5) is 2.44. The largest absolute Gasteiger partial charge is 0.455 e. The summed E-state index contributed by atoms with van der Waals surface area (Å²) in [6, 6.07) is 59.5. The van der Waals surface area contributed by atoms with Crippen molar-refractivity contribution in [3.05, 3.63) is 164 Å². The van der Waals surface area contributed by atoms with E-state index >= 15 is 0 Å². The Morgan fingerprint density at radius 1 is 0.400 bits per heavy atom. The number of fused-ring (bicyclic) bond motifs is 11. The lowest BCUT2D eigenvalue weighted by molar-refractivity contribution is 0.672. The van der Waals surface area contributed by atoms with Gasteiger partial charge in [0.15, 0.2) is 0 Å². The van der Waals surface area contributed by atoms with E-state index in [9.17, 15) is 0 Å². The number of furan rings is 1. The highest BCUT2D eigenvalue weighted by atomic mass is 32.1. The van der Waals surface area contributed by atoms with Gasteiger partial charge in [0.2, 0.25) is 0 Å². The van der Waals surface area contributed by atoms with Crippen molar-refractivity contribution < 1.29 is 4.42 Å². The molecule has 0 atom stereocenters. The predicted octanol–water partition coefficient (Wildman–Crippen LogP) is 14.6. The number of thiophene rings is 2. The van der Waals surface area contributed by atoms with Crippen LogP contribution in [0.5, 0.6) is 0 Å². The van der Waals surface area contributed by atoms with E-state index in [0.29, 0.717) is 0 Å². The molecular weight excluding hydrogens is 647 g/mol. The molecule has 0 aliphatic heterocycles. The summed E-state index contributed by atoms with van der Waals surface area (Å²) in [6.07, 6.45) is 0. The average Bonchev–Trinajstić information content (AvgIpc) is 3.87. The Morgan fingerprint density at radius 2 is 1.02 bits per heavy atom. The van der Waals surface area contributed by atoms with Crippen LogP contribution in [-0.4, -0.2) is 0 Å². The summed E-state index contributed by atoms with van der Waals surface area (Å²) in [5.41, 5.74) is 7.59. The number of anilines is 3. The summed E-state index contributed by atoms with van der Waals surface area (Å²) >= 11 is 3.71. The van der Waals surface area contributed by atoms with Gasteiger partial charge in [-0.2, -0.15) is 0 Å². The van der Waals surface area contributed by atoms with Crippen molar-refractivity contribution in [1.82, 2.24) is 0 Å². The third kappa shape index (κ3) is 4.13. The average molecular weight is 674 g/mol. The van der Waals surface area contributed by atoms with E-state index in [2.05, 4.69) is 169 Å². The molecule has 4 heteroatoms. The number of hydrogen-bond donors (Lipinski definition) is 0. The first-order chi connectivity index (χ1) is 24.8. The molecule has 0 unspecified atom stereocenters. The van der Waals surface area contributed by atoms with Gasteiger partial charge in [0, 0.05) is 56.8 Å². The lowest BCUT2D eigenvalue weighted by Crippen LogP contribution is -2.10. The van der Waals surface area contributed by atoms with Gasteiger partial charge in [-0.1, -0.05) is 103 Å². The van der Waals surface area contributed by atoms with Crippen LogP contribution < -0.4 is 4.90 Å². The van der Waals surface area contributed by atoms with Crippen molar-refractivity contribution in [2.45, 2.75) is 0 Å². The molecule has 0 spiro atoms. The zero-order chi connectivity index (χ0) is 32.8. The quantitative estimate of drug-likeness (QED) is 0.185. The van der Waals surface area contributed by atoms with Crippen LogP contribution >= 0.6 is 22.7 Å². The van der Waals surface area contributed by atoms with Crippen LogP contribution in [0.3, 0.4) is 0 Å². The van der Waals surface area contributed by atoms with Crippen molar-refractivity contribution in [2.24, 2.45) is 0 Å². The molecule has 0 saturated carbocycles. The van der Waals surface area contributed by atoms with Gasteiger partial charge in [-0.3, -0.25) is 0 Å². The molecule has 0 N–H and O–H groups in total. The third-order valence-corrected chi connectivity index (χ3v) is 12.3. The van der Waals surface area contributed by atoms with Gasteiger partial charge in [-0.05, 0) is 77.2 Å². The lowest BCUT2D eigenvalue weighted by atomic mass is 10.0. The summed E-state index contributed by atoms with van der Waals surface area (Å²) < 4.78 is 11.9. The number of benzene rings is 8. The first kappa shape index (κ1) is 28.0. The summed E-state index contributed by atoms with van der Waals surface area (Å²) in [5, 5.41) is 9.73. The van der Waals surface area contributed by atoms with E-state index in [1.54, 1.807) is 0 Å². The Morgan fingerprint density at radius 3 is 1.88 bits per heavy atom. The maximum Gasteiger partial charge on any atom is 0.143 e. The zero-order valence-electron chi connectivity index (χ0n) is 26.8. The fraction of sp³-hybridized carbons (Fsp3) is 0. The van der Waals surface area contributed by atoms with Crippen molar-refractivity contribution >= 4 is 113 Å². The highest BCUT2D eigenvalue weighted by Crippen LogP contribution is 2.49. The molecule has 11 aromatic rings. The van der Waals surface area contributed by atoms with Crippen LogP contribution in [-0.2, 0) is 0 Å². The maximum atomic E-state index is 6.68. The minimum atomic E-state index is 0.884. The normalized spacial score (nSPS) is 12.0. The monoisotopic (exact) mass is 673 g/mol. The summed E-state index contributed by atoms with van der Waals surface area (Å²) in [7, 11) is 0. The molecule has 50 heavy (non-hydrogen) atoms. The molecule has 234 valence electrons. The summed E-state index contributed by atoms with van der Waals surface area (Å²) in [5.74, 6) is 0. The Hall–Kier alpha value is -5.94. The van der Waals surface area contributed by atoms with Gasteiger partial charge >= 0.3 is 0 Å². The molecule has 11 rings (SSSR count). The van der Waals surface area contributed by atoms with Crippen molar-refractivity contribution in [2.75, 3.05) is 4.90 Å². The van der Waals surface area contributed by atoms with Crippen LogP contribution in [0.4, 0.5) is 17.1 Å². The van der Waals surface area contributed by atoms with Crippen LogP contribution in [0.1, 0.15) is 0 Å². The van der Waals surface area contributed by atoms with Gasteiger partial charge in [0.25, 0.3) is 0 Å². The number of nitrogens with zero attached hydrogens (tertiary/aromatic N) is 1. The van der Waals surface area contributed by atoms with Crippen LogP contribution in [0.2, 0.25) is 0 Å². The van der Waals surface area contributed by atoms with Gasteiger partial charge in [-0.25, -0.2) is 0 Å². The Kier molecular flexibility index (Phi) is 6.03. The maximum absolute atomic E-state index is 6.68. The molecule has 0 aliphatic carbocycles. The first-order valence-electron chi connectivity index (χ1n) is 16.8. The molecule has 0 amide bonds. The molecular formula is C46H27NOS2. The van der Waals surface area contributed by atoms with Gasteiger partial charge in [0.05, 0.1) is 16.8 Å². The van der Waals surface area contributed by atoms with Crippen LogP contribution in [0.25, 0.3) is 84.2 Å². The molecule has 0 aliphatic rings. The molecule has 8 aromatic carbocycles. The van der Waals surface area contributed by atoms with Gasteiger partial charge < -0.3 is 9.32 Å². The second-order valence-electron chi connectivity index (χ2n) is 12.9. The smallest absolute Gasteiger partial charge is 0.143 e. The Labute approximate surface area is 295 Å². The lowest BCUT2D eigenvalue weighted by Gasteiger charge is -2.27. The van der Waals surface area contributed by atoms with Crippen LogP contribution in [0, 0.1) is 0 Å². The molecule has 3 aromatic heterocycles. The number of hydrogen-bond acceptors (Lipinski definition) is 4. The Bertz CT molecular complexity index is 3110. The van der Waals surface area contributed by atoms with Crippen LogP contribution in [0.15, 0.2) is 168 Å². The third-order valence-electron chi connectivity index (χ3n) is 10.1. The minimum Gasteiger partial charge on any atom is -0.455 e. The minimum absolute atomic E-state index is 0.884. The van der Waals surface area contributed by atoms with E-state index in [1.165, 1.54) is 56.9 Å². The SMILES string of the molecule is c1ccc2c(c1)ccc1c2oc2cccc(N(c3ccc(-c4ccc5c(c4)sc4ccccc45)cc3)c3cccc4sc5ccccc5c34)c21. The van der Waals surface area contributed by atoms with Crippen molar-refractivity contribution in [3.8, 4) is 11.1 Å². The molecule has 0 saturated heterocycles. The predicted molar refractivity (Wildman–Crippen MR) is 217 cm³/mol. The van der Waals surface area contributed by atoms with Crippen molar-refractivity contribution in [1.29, 1.82) is 0 Å². The highest BCUT2D eigenvalue weighted by Gasteiger charge is 2.23. The summed E-state index contributed by atoms with van der Waals surface area (Å²) in [6.45, 7) is 0. The fourth-order valence-electron chi connectivity index (χ4n) is 7.78. The van der Waals surface area contributed by atoms with E-state index in [4.69, 9.17) is 4.42 Å². The first-order valence-corrected chi connectivity index (χ1v) is 18.5. The highest BCUT2D eigenvalue weighted by molar-refractivity contribution is 7.26. The van der Waals surface area contributed by atoms with E-state index in [0.717, 1.165) is 44.4 Å². The fourth-order valence-corrected chi connectivity index (χ4v) is 10.1.